The van der Waals surface area contributed by atoms with Crippen molar-refractivity contribution in [1.29, 1.82) is 0 Å². The van der Waals surface area contributed by atoms with E-state index in [1.165, 1.54) is 0 Å². The summed E-state index contributed by atoms with van der Waals surface area (Å²) in [7, 11) is 0. The third-order valence-corrected chi connectivity index (χ3v) is 2.98. The van der Waals surface area contributed by atoms with Gasteiger partial charge in [-0.1, -0.05) is 0 Å². The van der Waals surface area contributed by atoms with Gasteiger partial charge in [0.25, 0.3) is 0 Å². The number of anilines is 1. The summed E-state index contributed by atoms with van der Waals surface area (Å²) in [6.45, 7) is 0.206. The van der Waals surface area contributed by atoms with Gasteiger partial charge in [0.05, 0.1) is 23.4 Å². The molecule has 0 aliphatic carbocycles. The van der Waals surface area contributed by atoms with Crippen LogP contribution in [0.2, 0.25) is 0 Å². The predicted octanol–water partition coefficient (Wildman–Crippen LogP) is 1.37. The van der Waals surface area contributed by atoms with Crippen molar-refractivity contribution in [2.75, 3.05) is 18.1 Å². The van der Waals surface area contributed by atoms with Crippen molar-refractivity contribution in [3.8, 4) is 0 Å². The normalized spacial score (nSPS) is 11.0. The SMILES string of the molecule is Nc1ccc2nc(CSCCO)[nH]c2c1. The average molecular weight is 223 g/mol. The first-order valence-electron chi connectivity index (χ1n) is 4.72. The van der Waals surface area contributed by atoms with Crippen LogP contribution in [0, 0.1) is 0 Å². The Labute approximate surface area is 91.9 Å². The van der Waals surface area contributed by atoms with Crippen molar-refractivity contribution in [1.82, 2.24) is 9.97 Å². The van der Waals surface area contributed by atoms with Gasteiger partial charge < -0.3 is 15.8 Å². The number of hydrogen-bond acceptors (Lipinski definition) is 4. The number of thioether (sulfide) groups is 1. The van der Waals surface area contributed by atoms with E-state index in [0.29, 0.717) is 0 Å². The molecule has 0 saturated heterocycles. The van der Waals surface area contributed by atoms with Crippen LogP contribution in [0.3, 0.4) is 0 Å². The minimum Gasteiger partial charge on any atom is -0.399 e. The van der Waals surface area contributed by atoms with Gasteiger partial charge in [-0.3, -0.25) is 0 Å². The minimum absolute atomic E-state index is 0.206. The Morgan fingerprint density at radius 1 is 1.47 bits per heavy atom. The number of nitrogens with two attached hydrogens (primary N) is 1. The molecule has 1 aromatic heterocycles. The first kappa shape index (κ1) is 10.3. The Balaban J connectivity index is 2.16. The van der Waals surface area contributed by atoms with Gasteiger partial charge in [0.1, 0.15) is 5.82 Å². The smallest absolute Gasteiger partial charge is 0.117 e. The number of rotatable bonds is 4. The molecule has 4 N–H and O–H groups in total. The number of aliphatic hydroxyl groups excluding tert-OH is 1. The molecule has 0 spiro atoms. The molecule has 2 rings (SSSR count). The maximum Gasteiger partial charge on any atom is 0.117 e. The van der Waals surface area contributed by atoms with E-state index in [2.05, 4.69) is 9.97 Å². The second kappa shape index (κ2) is 4.55. The molecule has 0 aliphatic heterocycles. The molecule has 0 atom stereocenters. The molecule has 1 aromatic carbocycles. The van der Waals surface area contributed by atoms with Crippen LogP contribution in [0.1, 0.15) is 5.82 Å². The van der Waals surface area contributed by atoms with Crippen LogP contribution in [0.15, 0.2) is 18.2 Å². The van der Waals surface area contributed by atoms with E-state index in [-0.39, 0.29) is 6.61 Å². The number of aromatic amines is 1. The Kier molecular flexibility index (Phi) is 3.13. The predicted molar refractivity (Wildman–Crippen MR) is 63.8 cm³/mol. The van der Waals surface area contributed by atoms with Gasteiger partial charge >= 0.3 is 0 Å². The lowest BCUT2D eigenvalue weighted by molar-refractivity contribution is 0.322. The highest BCUT2D eigenvalue weighted by Crippen LogP contribution is 2.17. The van der Waals surface area contributed by atoms with E-state index in [1.54, 1.807) is 11.8 Å². The van der Waals surface area contributed by atoms with Crippen LogP contribution >= 0.6 is 11.8 Å². The van der Waals surface area contributed by atoms with E-state index in [1.807, 2.05) is 18.2 Å². The van der Waals surface area contributed by atoms with Crippen LogP contribution in [-0.2, 0) is 5.75 Å². The monoisotopic (exact) mass is 223 g/mol. The van der Waals surface area contributed by atoms with Crippen molar-refractivity contribution in [3.63, 3.8) is 0 Å². The maximum atomic E-state index is 8.65. The first-order chi connectivity index (χ1) is 7.29. The lowest BCUT2D eigenvalue weighted by Crippen LogP contribution is -1.89. The number of benzene rings is 1. The topological polar surface area (TPSA) is 74.9 Å². The molecule has 1 heterocycles. The molecular weight excluding hydrogens is 210 g/mol. The summed E-state index contributed by atoms with van der Waals surface area (Å²) in [6.07, 6.45) is 0. The van der Waals surface area contributed by atoms with Crippen LogP contribution in [0.25, 0.3) is 11.0 Å². The van der Waals surface area contributed by atoms with E-state index in [0.717, 1.165) is 34.1 Å². The molecule has 4 nitrogen and oxygen atoms in total. The van der Waals surface area contributed by atoms with Gasteiger partial charge in [-0.2, -0.15) is 11.8 Å². The molecule has 2 aromatic rings. The largest absolute Gasteiger partial charge is 0.399 e. The third kappa shape index (κ3) is 2.43. The number of nitrogen functional groups attached to an aromatic ring is 1. The highest BCUT2D eigenvalue weighted by Gasteiger charge is 2.02. The molecule has 15 heavy (non-hydrogen) atoms. The number of aromatic nitrogens is 2. The van der Waals surface area contributed by atoms with Gasteiger partial charge in [0.2, 0.25) is 0 Å². The molecular formula is C10H13N3OS. The molecule has 0 aliphatic rings. The summed E-state index contributed by atoms with van der Waals surface area (Å²) < 4.78 is 0. The van der Waals surface area contributed by atoms with E-state index in [4.69, 9.17) is 10.8 Å². The fourth-order valence-electron chi connectivity index (χ4n) is 1.38. The molecule has 0 unspecified atom stereocenters. The van der Waals surface area contributed by atoms with E-state index >= 15 is 0 Å². The van der Waals surface area contributed by atoms with Gasteiger partial charge in [-0.15, -0.1) is 0 Å². The zero-order valence-electron chi connectivity index (χ0n) is 8.23. The second-order valence-electron chi connectivity index (χ2n) is 3.24. The van der Waals surface area contributed by atoms with Crippen molar-refractivity contribution >= 4 is 28.5 Å². The summed E-state index contributed by atoms with van der Waals surface area (Å²) >= 11 is 1.65. The molecule has 0 fully saturated rings. The van der Waals surface area contributed by atoms with Crippen molar-refractivity contribution in [2.24, 2.45) is 0 Å². The first-order valence-corrected chi connectivity index (χ1v) is 5.88. The average Bonchev–Trinajstić information content (AvgIpc) is 2.60. The second-order valence-corrected chi connectivity index (χ2v) is 4.34. The summed E-state index contributed by atoms with van der Waals surface area (Å²) in [4.78, 5) is 7.61. The summed E-state index contributed by atoms with van der Waals surface area (Å²) in [5.41, 5.74) is 8.31. The number of hydrogen-bond donors (Lipinski definition) is 3. The number of H-pyrrole nitrogens is 1. The third-order valence-electron chi connectivity index (χ3n) is 2.03. The molecule has 0 radical (unpaired) electrons. The fourth-order valence-corrected chi connectivity index (χ4v) is 1.99. The van der Waals surface area contributed by atoms with Crippen LogP contribution in [0.5, 0.6) is 0 Å². The molecule has 80 valence electrons. The summed E-state index contributed by atoms with van der Waals surface area (Å²) in [5, 5.41) is 8.65. The number of aliphatic hydroxyl groups is 1. The fraction of sp³-hybridized carbons (Fsp3) is 0.300. The van der Waals surface area contributed by atoms with Crippen LogP contribution in [-0.4, -0.2) is 27.4 Å². The lowest BCUT2D eigenvalue weighted by Gasteiger charge is -1.93. The quantitative estimate of drug-likeness (QED) is 0.540. The van der Waals surface area contributed by atoms with E-state index in [9.17, 15) is 0 Å². The zero-order chi connectivity index (χ0) is 10.7. The van der Waals surface area contributed by atoms with Gasteiger partial charge in [0, 0.05) is 11.4 Å². The Morgan fingerprint density at radius 2 is 2.33 bits per heavy atom. The number of nitrogens with one attached hydrogen (secondary N) is 1. The summed E-state index contributed by atoms with van der Waals surface area (Å²) in [6, 6.07) is 5.62. The van der Waals surface area contributed by atoms with Gasteiger partial charge in [-0.25, -0.2) is 4.98 Å². The Morgan fingerprint density at radius 3 is 3.13 bits per heavy atom. The Hall–Kier alpha value is -1.20. The van der Waals surface area contributed by atoms with Crippen molar-refractivity contribution in [2.45, 2.75) is 5.75 Å². The molecule has 0 bridgehead atoms. The number of nitrogens with zero attached hydrogens (tertiary/aromatic N) is 1. The number of fused-ring (bicyclic) bond motifs is 1. The minimum atomic E-state index is 0.206. The highest BCUT2D eigenvalue weighted by atomic mass is 32.2. The van der Waals surface area contributed by atoms with Crippen LogP contribution in [0.4, 0.5) is 5.69 Å². The summed E-state index contributed by atoms with van der Waals surface area (Å²) in [5.74, 6) is 2.45. The Bertz CT molecular complexity index is 455. The highest BCUT2D eigenvalue weighted by molar-refractivity contribution is 7.98. The van der Waals surface area contributed by atoms with Crippen LogP contribution < -0.4 is 5.73 Å². The number of imidazole rings is 1. The van der Waals surface area contributed by atoms with E-state index < -0.39 is 0 Å². The molecule has 0 saturated carbocycles. The van der Waals surface area contributed by atoms with Crippen molar-refractivity contribution < 1.29 is 5.11 Å². The molecule has 5 heteroatoms. The standard InChI is InChI=1S/C10H13N3OS/c11-7-1-2-8-9(5-7)13-10(12-8)6-15-4-3-14/h1-2,5,14H,3-4,6,11H2,(H,12,13). The maximum absolute atomic E-state index is 8.65. The van der Waals surface area contributed by atoms with Gasteiger partial charge in [0.15, 0.2) is 0 Å². The molecule has 0 amide bonds. The van der Waals surface area contributed by atoms with Crippen molar-refractivity contribution in [3.05, 3.63) is 24.0 Å². The zero-order valence-corrected chi connectivity index (χ0v) is 9.05. The lowest BCUT2D eigenvalue weighted by atomic mass is 10.3. The van der Waals surface area contributed by atoms with Gasteiger partial charge in [-0.05, 0) is 18.2 Å².